The molecular weight excluding hydrogens is 555 g/mol. The number of carbonyl (C=O) groups is 1. The number of rotatable bonds is 8. The van der Waals surface area contributed by atoms with Crippen molar-refractivity contribution in [2.75, 3.05) is 63.2 Å². The lowest BCUT2D eigenvalue weighted by molar-refractivity contribution is -0.128. The monoisotopic (exact) mass is 592 g/mol. The minimum atomic E-state index is -0.923. The molecule has 8 nitrogen and oxygen atoms in total. The predicted octanol–water partition coefficient (Wildman–Crippen LogP) is 5.09. The van der Waals surface area contributed by atoms with Crippen molar-refractivity contribution < 1.29 is 13.9 Å². The fourth-order valence-electron chi connectivity index (χ4n) is 6.35. The first-order chi connectivity index (χ1) is 20.2. The van der Waals surface area contributed by atoms with Crippen LogP contribution in [0.15, 0.2) is 48.8 Å². The zero-order valence-corrected chi connectivity index (χ0v) is 25.3. The number of amides is 1. The molecule has 222 valence electrons. The van der Waals surface area contributed by atoms with E-state index in [1.807, 2.05) is 12.1 Å². The van der Waals surface area contributed by atoms with Gasteiger partial charge in [-0.3, -0.25) is 4.79 Å². The summed E-state index contributed by atoms with van der Waals surface area (Å²) in [6, 6.07) is 13.0. The van der Waals surface area contributed by atoms with Crippen LogP contribution in [0.2, 0.25) is 5.02 Å². The van der Waals surface area contributed by atoms with Gasteiger partial charge in [0.25, 0.3) is 5.91 Å². The fourth-order valence-corrected chi connectivity index (χ4v) is 6.63. The minimum absolute atomic E-state index is 0.107. The Balaban J connectivity index is 1.31. The molecule has 1 saturated carbocycles. The van der Waals surface area contributed by atoms with Gasteiger partial charge in [0, 0.05) is 60.8 Å². The van der Waals surface area contributed by atoms with Crippen LogP contribution in [0, 0.1) is 5.41 Å². The summed E-state index contributed by atoms with van der Waals surface area (Å²) in [6.45, 7) is 9.28. The molecule has 0 radical (unpaired) electrons. The molecule has 1 aliphatic carbocycles. The van der Waals surface area contributed by atoms with Crippen molar-refractivity contribution in [1.82, 2.24) is 19.8 Å². The van der Waals surface area contributed by atoms with Crippen molar-refractivity contribution in [3.8, 4) is 6.01 Å². The van der Waals surface area contributed by atoms with Crippen molar-refractivity contribution in [3.05, 3.63) is 65.1 Å². The molecule has 3 heterocycles. The number of ether oxygens (including phenoxy) is 1. The van der Waals surface area contributed by atoms with Crippen molar-refractivity contribution in [3.63, 3.8) is 0 Å². The number of hydrogen-bond donors (Lipinski definition) is 0. The highest BCUT2D eigenvalue weighted by molar-refractivity contribution is 6.36. The molecule has 1 unspecified atom stereocenters. The van der Waals surface area contributed by atoms with E-state index in [4.69, 9.17) is 26.3 Å². The third-order valence-corrected chi connectivity index (χ3v) is 9.65. The Labute approximate surface area is 251 Å². The Morgan fingerprint density at radius 3 is 2.48 bits per heavy atom. The van der Waals surface area contributed by atoms with E-state index in [0.29, 0.717) is 51.4 Å². The van der Waals surface area contributed by atoms with E-state index in [9.17, 15) is 9.18 Å². The van der Waals surface area contributed by atoms with E-state index in [1.165, 1.54) is 4.90 Å². The van der Waals surface area contributed by atoms with Crippen molar-refractivity contribution in [2.45, 2.75) is 38.8 Å². The largest absolute Gasteiger partial charge is 0.463 e. The maximum absolute atomic E-state index is 13.5. The summed E-state index contributed by atoms with van der Waals surface area (Å²) in [5.41, 5.74) is 3.23. The van der Waals surface area contributed by atoms with Crippen molar-refractivity contribution >= 4 is 39.8 Å². The SMILES string of the molecule is C=C(F)C(=O)N1CCN(c2nc(OCC3(C(C)N(C)C)CC3)nc3c2CCN(c2cccc4cccc(Cl)c24)C3)CC1. The topological polar surface area (TPSA) is 65.0 Å². The smallest absolute Gasteiger partial charge is 0.318 e. The van der Waals surface area contributed by atoms with Gasteiger partial charge in [-0.15, -0.1) is 0 Å². The number of hydrogen-bond acceptors (Lipinski definition) is 7. The van der Waals surface area contributed by atoms with E-state index in [1.54, 1.807) is 0 Å². The molecule has 1 saturated heterocycles. The molecule has 3 aliphatic rings. The number of carbonyl (C=O) groups excluding carboxylic acids is 1. The minimum Gasteiger partial charge on any atom is -0.463 e. The van der Waals surface area contributed by atoms with Gasteiger partial charge in [0.05, 0.1) is 23.9 Å². The first-order valence-corrected chi connectivity index (χ1v) is 15.0. The van der Waals surface area contributed by atoms with Gasteiger partial charge >= 0.3 is 6.01 Å². The third kappa shape index (κ3) is 5.40. The van der Waals surface area contributed by atoms with Gasteiger partial charge in [-0.2, -0.15) is 9.97 Å². The van der Waals surface area contributed by atoms with E-state index in [-0.39, 0.29) is 5.41 Å². The average Bonchev–Trinajstić information content (AvgIpc) is 3.79. The van der Waals surface area contributed by atoms with Crippen LogP contribution in [0.4, 0.5) is 15.9 Å². The van der Waals surface area contributed by atoms with Crippen LogP contribution in [-0.2, 0) is 17.8 Å². The van der Waals surface area contributed by atoms with Crippen LogP contribution in [0.5, 0.6) is 6.01 Å². The molecule has 1 amide bonds. The Bertz CT molecular complexity index is 1510. The van der Waals surface area contributed by atoms with Gasteiger partial charge in [0.1, 0.15) is 5.82 Å². The highest BCUT2D eigenvalue weighted by atomic mass is 35.5. The van der Waals surface area contributed by atoms with Crippen LogP contribution in [0.1, 0.15) is 31.0 Å². The molecule has 0 spiro atoms. The summed E-state index contributed by atoms with van der Waals surface area (Å²) < 4.78 is 19.9. The molecule has 6 rings (SSSR count). The van der Waals surface area contributed by atoms with Gasteiger partial charge in [-0.25, -0.2) is 4.39 Å². The summed E-state index contributed by atoms with van der Waals surface area (Å²) in [5, 5.41) is 2.88. The second kappa shape index (κ2) is 11.3. The summed E-state index contributed by atoms with van der Waals surface area (Å²) in [7, 11) is 4.21. The summed E-state index contributed by atoms with van der Waals surface area (Å²) in [4.78, 5) is 30.4. The summed E-state index contributed by atoms with van der Waals surface area (Å²) in [5.74, 6) is -0.715. The highest BCUT2D eigenvalue weighted by Crippen LogP contribution is 2.50. The average molecular weight is 593 g/mol. The number of nitrogens with zero attached hydrogens (tertiary/aromatic N) is 6. The van der Waals surface area contributed by atoms with Gasteiger partial charge in [0.15, 0.2) is 5.83 Å². The summed E-state index contributed by atoms with van der Waals surface area (Å²) in [6.07, 6.45) is 3.00. The van der Waals surface area contributed by atoms with E-state index < -0.39 is 11.7 Å². The molecule has 3 aromatic rings. The Morgan fingerprint density at radius 1 is 1.10 bits per heavy atom. The number of benzene rings is 2. The molecule has 10 heteroatoms. The number of aromatic nitrogens is 2. The Morgan fingerprint density at radius 2 is 1.81 bits per heavy atom. The maximum atomic E-state index is 13.5. The first-order valence-electron chi connectivity index (χ1n) is 14.7. The molecular formula is C32H38ClFN6O2. The van der Waals surface area contributed by atoms with Gasteiger partial charge < -0.3 is 24.3 Å². The molecule has 0 bridgehead atoms. The number of fused-ring (bicyclic) bond motifs is 2. The van der Waals surface area contributed by atoms with Gasteiger partial charge in [-0.05, 0) is 57.8 Å². The lowest BCUT2D eigenvalue weighted by Crippen LogP contribution is -2.49. The quantitative estimate of drug-likeness (QED) is 0.338. The molecule has 0 N–H and O–H groups in total. The first kappa shape index (κ1) is 28.7. The molecule has 1 atom stereocenters. The molecule has 1 aromatic heterocycles. The normalized spacial score (nSPS) is 18.7. The van der Waals surface area contributed by atoms with Crippen molar-refractivity contribution in [2.24, 2.45) is 5.41 Å². The van der Waals surface area contributed by atoms with Crippen LogP contribution in [0.3, 0.4) is 0 Å². The molecule has 2 aromatic carbocycles. The predicted molar refractivity (Wildman–Crippen MR) is 165 cm³/mol. The zero-order chi connectivity index (χ0) is 29.6. The van der Waals surface area contributed by atoms with Crippen LogP contribution in [0.25, 0.3) is 10.8 Å². The summed E-state index contributed by atoms with van der Waals surface area (Å²) >= 11 is 6.69. The number of anilines is 2. The van der Waals surface area contributed by atoms with Crippen LogP contribution >= 0.6 is 11.6 Å². The lowest BCUT2D eigenvalue weighted by atomic mass is 9.98. The van der Waals surface area contributed by atoms with E-state index in [2.05, 4.69) is 66.6 Å². The third-order valence-electron chi connectivity index (χ3n) is 9.34. The fraction of sp³-hybridized carbons (Fsp3) is 0.469. The standard InChI is InChI=1S/C32H38ClFN6O2/c1-21(34)30(41)39-17-15-38(16-18-39)29-24-11-14-40(27-10-6-8-23-7-5-9-25(33)28(23)27)19-26(24)35-31(36-29)42-20-32(12-13-32)22(2)37(3)4/h5-10,22H,1,11-20H2,2-4H3. The molecule has 2 fully saturated rings. The van der Waals surface area contributed by atoms with Crippen molar-refractivity contribution in [1.29, 1.82) is 0 Å². The maximum Gasteiger partial charge on any atom is 0.318 e. The van der Waals surface area contributed by atoms with E-state index >= 15 is 0 Å². The zero-order valence-electron chi connectivity index (χ0n) is 24.6. The number of piperazine rings is 1. The molecule has 2 aliphatic heterocycles. The second-order valence-corrected chi connectivity index (χ2v) is 12.4. The van der Waals surface area contributed by atoms with Crippen LogP contribution in [-0.4, -0.2) is 85.1 Å². The Kier molecular flexibility index (Phi) is 7.74. The van der Waals surface area contributed by atoms with E-state index in [0.717, 1.165) is 64.4 Å². The molecule has 42 heavy (non-hydrogen) atoms. The Hall–Kier alpha value is -3.43. The van der Waals surface area contributed by atoms with Gasteiger partial charge in [0.2, 0.25) is 0 Å². The van der Waals surface area contributed by atoms with Crippen LogP contribution < -0.4 is 14.5 Å². The van der Waals surface area contributed by atoms with Gasteiger partial charge in [-0.1, -0.05) is 42.4 Å². The second-order valence-electron chi connectivity index (χ2n) is 12.0. The number of halogens is 2. The highest BCUT2D eigenvalue weighted by Gasteiger charge is 2.49. The lowest BCUT2D eigenvalue weighted by Gasteiger charge is -2.38.